The van der Waals surface area contributed by atoms with Gasteiger partial charge in [0.2, 0.25) is 0 Å². The summed E-state index contributed by atoms with van der Waals surface area (Å²) in [4.78, 5) is 18.4. The minimum Gasteiger partial charge on any atom is -0.347 e. The number of aryl methyl sites for hydroxylation is 2. The quantitative estimate of drug-likeness (QED) is 0.449. The van der Waals surface area contributed by atoms with E-state index in [0.717, 1.165) is 26.8 Å². The van der Waals surface area contributed by atoms with Crippen LogP contribution in [0.25, 0.3) is 11.0 Å². The molecule has 0 radical (unpaired) electrons. The van der Waals surface area contributed by atoms with Gasteiger partial charge >= 0.3 is 0 Å². The summed E-state index contributed by atoms with van der Waals surface area (Å²) < 4.78 is 2.06. The van der Waals surface area contributed by atoms with Crippen molar-refractivity contribution in [3.63, 3.8) is 0 Å². The smallest absolute Gasteiger partial charge is 0.251 e. The Balaban J connectivity index is 1.49. The Labute approximate surface area is 172 Å². The summed E-state index contributed by atoms with van der Waals surface area (Å²) in [6.45, 7) is 2.66. The van der Waals surface area contributed by atoms with E-state index in [4.69, 9.17) is 4.98 Å². The molecule has 0 aliphatic heterocycles. The van der Waals surface area contributed by atoms with E-state index in [1.807, 2.05) is 42.8 Å². The van der Waals surface area contributed by atoms with Crippen molar-refractivity contribution in [1.82, 2.24) is 14.9 Å². The maximum Gasteiger partial charge on any atom is 0.251 e. The summed E-state index contributed by atoms with van der Waals surface area (Å²) in [5.41, 5.74) is 5.08. The lowest BCUT2D eigenvalue weighted by Gasteiger charge is -2.05. The zero-order valence-electron chi connectivity index (χ0n) is 15.8. The van der Waals surface area contributed by atoms with Crippen LogP contribution in [-0.4, -0.2) is 15.5 Å². The molecule has 0 unspecified atom stereocenters. The van der Waals surface area contributed by atoms with Crippen LogP contribution < -0.4 is 5.32 Å². The number of hydrogen-bond acceptors (Lipinski definition) is 4. The molecule has 2 aromatic carbocycles. The predicted molar refractivity (Wildman–Crippen MR) is 117 cm³/mol. The van der Waals surface area contributed by atoms with Gasteiger partial charge in [0.25, 0.3) is 5.91 Å². The van der Waals surface area contributed by atoms with Crippen LogP contribution in [0, 0.1) is 6.92 Å². The van der Waals surface area contributed by atoms with Crippen molar-refractivity contribution >= 4 is 40.0 Å². The molecule has 4 nitrogen and oxygen atoms in total. The molecule has 0 aliphatic carbocycles. The number of hydrogen-bond donors (Lipinski definition) is 1. The topological polar surface area (TPSA) is 46.9 Å². The highest BCUT2D eigenvalue weighted by Gasteiger charge is 2.12. The maximum absolute atomic E-state index is 12.5. The molecule has 142 valence electrons. The average Bonchev–Trinajstić information content (AvgIpc) is 3.32. The lowest BCUT2D eigenvalue weighted by molar-refractivity contribution is 0.0951. The Morgan fingerprint density at radius 1 is 1.18 bits per heavy atom. The number of amides is 1. The number of imidazole rings is 1. The van der Waals surface area contributed by atoms with Crippen LogP contribution in [0.1, 0.15) is 26.4 Å². The van der Waals surface area contributed by atoms with Gasteiger partial charge in [0.05, 0.1) is 17.6 Å². The minimum absolute atomic E-state index is 0.0644. The van der Waals surface area contributed by atoms with Crippen molar-refractivity contribution in [2.75, 3.05) is 0 Å². The first-order valence-electron chi connectivity index (χ1n) is 9.05. The first kappa shape index (κ1) is 18.8. The minimum atomic E-state index is -0.0644. The second-order valence-corrected chi connectivity index (χ2v) is 8.67. The van der Waals surface area contributed by atoms with Gasteiger partial charge in [0.1, 0.15) is 0 Å². The lowest BCUT2D eigenvalue weighted by Crippen LogP contribution is -2.22. The van der Waals surface area contributed by atoms with Crippen molar-refractivity contribution in [2.45, 2.75) is 24.4 Å². The summed E-state index contributed by atoms with van der Waals surface area (Å²) in [5.74, 6) is 0.804. The van der Waals surface area contributed by atoms with E-state index in [1.54, 1.807) is 23.1 Å². The summed E-state index contributed by atoms with van der Waals surface area (Å²) in [6.07, 6.45) is 0. The molecule has 2 aromatic heterocycles. The van der Waals surface area contributed by atoms with E-state index in [0.29, 0.717) is 12.1 Å². The number of fused-ring (bicyclic) bond motifs is 1. The van der Waals surface area contributed by atoms with Crippen molar-refractivity contribution in [3.05, 3.63) is 81.5 Å². The molecule has 4 aromatic rings. The zero-order valence-corrected chi connectivity index (χ0v) is 17.4. The molecule has 1 amide bonds. The highest BCUT2D eigenvalue weighted by Crippen LogP contribution is 2.26. The van der Waals surface area contributed by atoms with Crippen LogP contribution in [0.3, 0.4) is 0 Å². The highest BCUT2D eigenvalue weighted by atomic mass is 32.2. The Hall–Kier alpha value is -2.57. The third kappa shape index (κ3) is 4.13. The van der Waals surface area contributed by atoms with Gasteiger partial charge in [-0.1, -0.05) is 47.7 Å². The molecule has 6 heteroatoms. The Morgan fingerprint density at radius 3 is 2.86 bits per heavy atom. The first-order valence-corrected chi connectivity index (χ1v) is 10.9. The standard InChI is InChI=1S/C22H21N3OS2/c1-15-5-3-6-16(11-15)14-28-22-24-19-9-8-17(12-20(19)25(22)2)21(26)23-13-18-7-4-10-27-18/h3-12H,13-14H2,1-2H3,(H,23,26). The SMILES string of the molecule is Cc1cccc(CSc2nc3ccc(C(=O)NCc4cccs4)cc3n2C)c1. The maximum atomic E-state index is 12.5. The normalized spacial score (nSPS) is 11.1. The van der Waals surface area contributed by atoms with E-state index >= 15 is 0 Å². The molecule has 0 saturated carbocycles. The Bertz CT molecular complexity index is 1120. The van der Waals surface area contributed by atoms with Gasteiger partial charge in [0.15, 0.2) is 5.16 Å². The average molecular weight is 408 g/mol. The van der Waals surface area contributed by atoms with Gasteiger partial charge < -0.3 is 9.88 Å². The van der Waals surface area contributed by atoms with Gasteiger partial charge in [-0.3, -0.25) is 4.79 Å². The summed E-state index contributed by atoms with van der Waals surface area (Å²) in [6, 6.07) is 18.2. The number of rotatable bonds is 6. The molecular formula is C22H21N3OS2. The van der Waals surface area contributed by atoms with Gasteiger partial charge in [0, 0.05) is 23.2 Å². The molecule has 0 atom stereocenters. The van der Waals surface area contributed by atoms with E-state index in [1.165, 1.54) is 11.1 Å². The number of thioether (sulfide) groups is 1. The van der Waals surface area contributed by atoms with E-state index < -0.39 is 0 Å². The summed E-state index contributed by atoms with van der Waals surface area (Å²) in [7, 11) is 2.00. The fourth-order valence-corrected chi connectivity index (χ4v) is 4.65. The van der Waals surface area contributed by atoms with Crippen molar-refractivity contribution < 1.29 is 4.79 Å². The van der Waals surface area contributed by atoms with Gasteiger partial charge in [-0.25, -0.2) is 4.98 Å². The van der Waals surface area contributed by atoms with Crippen LogP contribution in [0.5, 0.6) is 0 Å². The van der Waals surface area contributed by atoms with E-state index in [-0.39, 0.29) is 5.91 Å². The van der Waals surface area contributed by atoms with Crippen molar-refractivity contribution in [3.8, 4) is 0 Å². The van der Waals surface area contributed by atoms with E-state index in [9.17, 15) is 4.79 Å². The van der Waals surface area contributed by atoms with Crippen LogP contribution in [-0.2, 0) is 19.3 Å². The molecule has 2 heterocycles. The number of nitrogens with one attached hydrogen (secondary N) is 1. The second-order valence-electron chi connectivity index (χ2n) is 6.70. The van der Waals surface area contributed by atoms with Crippen molar-refractivity contribution in [2.24, 2.45) is 7.05 Å². The molecule has 0 saturated heterocycles. The van der Waals surface area contributed by atoms with Gasteiger partial charge in [-0.2, -0.15) is 0 Å². The van der Waals surface area contributed by atoms with Crippen LogP contribution >= 0.6 is 23.1 Å². The molecule has 28 heavy (non-hydrogen) atoms. The number of carbonyl (C=O) groups is 1. The molecule has 0 spiro atoms. The second kappa shape index (κ2) is 8.20. The summed E-state index contributed by atoms with van der Waals surface area (Å²) in [5, 5.41) is 5.95. The fraction of sp³-hybridized carbons (Fsp3) is 0.182. The molecule has 4 rings (SSSR count). The Morgan fingerprint density at radius 2 is 2.07 bits per heavy atom. The number of aromatic nitrogens is 2. The molecule has 0 aliphatic rings. The van der Waals surface area contributed by atoms with E-state index in [2.05, 4.69) is 41.1 Å². The largest absolute Gasteiger partial charge is 0.347 e. The van der Waals surface area contributed by atoms with Crippen molar-refractivity contribution in [1.29, 1.82) is 0 Å². The zero-order chi connectivity index (χ0) is 19.5. The third-order valence-electron chi connectivity index (χ3n) is 4.56. The Kier molecular flexibility index (Phi) is 5.50. The number of benzene rings is 2. The lowest BCUT2D eigenvalue weighted by atomic mass is 10.2. The van der Waals surface area contributed by atoms with Crippen LogP contribution in [0.2, 0.25) is 0 Å². The van der Waals surface area contributed by atoms with Crippen LogP contribution in [0.15, 0.2) is 65.1 Å². The fourth-order valence-electron chi connectivity index (χ4n) is 3.07. The van der Waals surface area contributed by atoms with Gasteiger partial charge in [-0.05, 0) is 42.1 Å². The van der Waals surface area contributed by atoms with Crippen LogP contribution in [0.4, 0.5) is 0 Å². The number of thiophene rings is 1. The van der Waals surface area contributed by atoms with Gasteiger partial charge in [-0.15, -0.1) is 11.3 Å². The number of nitrogens with zero attached hydrogens (tertiary/aromatic N) is 2. The molecule has 1 N–H and O–H groups in total. The monoisotopic (exact) mass is 407 g/mol. The molecule has 0 bridgehead atoms. The highest BCUT2D eigenvalue weighted by molar-refractivity contribution is 7.98. The summed E-state index contributed by atoms with van der Waals surface area (Å²) >= 11 is 3.35. The first-order chi connectivity index (χ1) is 13.6. The molecule has 0 fully saturated rings. The third-order valence-corrected chi connectivity index (χ3v) is 6.53. The predicted octanol–water partition coefficient (Wildman–Crippen LogP) is 5.17. The molecular weight excluding hydrogens is 386 g/mol. The number of carbonyl (C=O) groups excluding carboxylic acids is 1.